The number of thiazole rings is 1. The predicted octanol–water partition coefficient (Wildman–Crippen LogP) is 2.10. The molecule has 8 heteroatoms. The van der Waals surface area contributed by atoms with Gasteiger partial charge in [-0.2, -0.15) is 0 Å². The van der Waals surface area contributed by atoms with E-state index in [9.17, 15) is 4.79 Å². The van der Waals surface area contributed by atoms with Crippen LogP contribution in [0.4, 0.5) is 5.00 Å². The fourth-order valence-corrected chi connectivity index (χ4v) is 3.75. The van der Waals surface area contributed by atoms with Crippen LogP contribution in [0.15, 0.2) is 18.2 Å². The number of methoxy groups -OCH3 is 2. The highest BCUT2D eigenvalue weighted by atomic mass is 32.1. The number of amides is 1. The topological polar surface area (TPSA) is 98.5 Å². The van der Waals surface area contributed by atoms with E-state index in [1.165, 1.54) is 11.3 Å². The molecule has 0 saturated carbocycles. The van der Waals surface area contributed by atoms with E-state index in [0.29, 0.717) is 28.7 Å². The number of hydrogen-bond donors (Lipinski definition) is 3. The van der Waals surface area contributed by atoms with Crippen LogP contribution in [0.2, 0.25) is 0 Å². The van der Waals surface area contributed by atoms with Gasteiger partial charge in [0.1, 0.15) is 21.5 Å². The maximum absolute atomic E-state index is 12.5. The molecule has 2 aromatic rings. The number of nitrogens with one attached hydrogen (secondary N) is 2. The van der Waals surface area contributed by atoms with Crippen molar-refractivity contribution in [3.05, 3.63) is 34.5 Å². The molecule has 0 radical (unpaired) electrons. The Morgan fingerprint density at radius 1 is 1.44 bits per heavy atom. The molecule has 1 atom stereocenters. The van der Waals surface area contributed by atoms with Gasteiger partial charge in [0.15, 0.2) is 5.69 Å². The Bertz CT molecular complexity index is 756. The molecule has 0 spiro atoms. The molecule has 3 rings (SSSR count). The van der Waals surface area contributed by atoms with E-state index in [2.05, 4.69) is 15.6 Å². The molecule has 2 heterocycles. The first-order valence-electron chi connectivity index (χ1n) is 8.11. The molecule has 1 aromatic heterocycles. The van der Waals surface area contributed by atoms with E-state index in [1.54, 1.807) is 20.3 Å². The predicted molar refractivity (Wildman–Crippen MR) is 97.2 cm³/mol. The molecule has 1 amide bonds. The Morgan fingerprint density at radius 3 is 2.96 bits per heavy atom. The molecule has 7 nitrogen and oxygen atoms in total. The fraction of sp³-hybridized carbons (Fsp3) is 0.412. The molecule has 1 fully saturated rings. The van der Waals surface area contributed by atoms with Crippen molar-refractivity contribution in [1.82, 2.24) is 15.6 Å². The van der Waals surface area contributed by atoms with E-state index < -0.39 is 0 Å². The van der Waals surface area contributed by atoms with Crippen LogP contribution in [0, 0.1) is 0 Å². The number of nitrogen functional groups attached to an aromatic ring is 1. The van der Waals surface area contributed by atoms with Crippen LogP contribution in [0.5, 0.6) is 11.5 Å². The van der Waals surface area contributed by atoms with Crippen molar-refractivity contribution in [1.29, 1.82) is 0 Å². The number of benzene rings is 1. The summed E-state index contributed by atoms with van der Waals surface area (Å²) in [5, 5.41) is 7.55. The highest BCUT2D eigenvalue weighted by Crippen LogP contribution is 2.31. The average Bonchev–Trinajstić information content (AvgIpc) is 3.29. The minimum absolute atomic E-state index is 0.204. The number of nitrogens with two attached hydrogens (primary N) is 1. The van der Waals surface area contributed by atoms with Gasteiger partial charge in [-0.25, -0.2) is 4.98 Å². The summed E-state index contributed by atoms with van der Waals surface area (Å²) in [5.74, 6) is 1.07. The largest absolute Gasteiger partial charge is 0.497 e. The lowest BCUT2D eigenvalue weighted by molar-refractivity contribution is 0.0947. The molecule has 0 bridgehead atoms. The third kappa shape index (κ3) is 3.85. The highest BCUT2D eigenvalue weighted by Gasteiger charge is 2.24. The Hall–Kier alpha value is -2.32. The average molecular weight is 362 g/mol. The summed E-state index contributed by atoms with van der Waals surface area (Å²) >= 11 is 1.38. The lowest BCUT2D eigenvalue weighted by Crippen LogP contribution is -2.24. The van der Waals surface area contributed by atoms with Crippen LogP contribution < -0.4 is 25.8 Å². The molecular weight excluding hydrogens is 340 g/mol. The van der Waals surface area contributed by atoms with Gasteiger partial charge < -0.3 is 25.8 Å². The molecule has 1 unspecified atom stereocenters. The lowest BCUT2D eigenvalue weighted by Gasteiger charge is -2.11. The molecule has 134 valence electrons. The normalized spacial score (nSPS) is 16.6. The van der Waals surface area contributed by atoms with Crippen molar-refractivity contribution in [2.75, 3.05) is 26.5 Å². The van der Waals surface area contributed by atoms with Crippen LogP contribution in [-0.2, 0) is 6.54 Å². The summed E-state index contributed by atoms with van der Waals surface area (Å²) in [5.41, 5.74) is 7.14. The zero-order valence-electron chi connectivity index (χ0n) is 14.3. The highest BCUT2D eigenvalue weighted by molar-refractivity contribution is 7.16. The van der Waals surface area contributed by atoms with Gasteiger partial charge in [-0.1, -0.05) is 11.3 Å². The van der Waals surface area contributed by atoms with Gasteiger partial charge in [0, 0.05) is 18.2 Å². The third-order valence-corrected chi connectivity index (χ3v) is 5.18. The van der Waals surface area contributed by atoms with Crippen molar-refractivity contribution in [3.8, 4) is 11.5 Å². The number of ether oxygens (including phenoxy) is 2. The molecule has 1 aliphatic heterocycles. The SMILES string of the molecule is COc1ccc(CNC(=O)c2nc(C3CCCN3)sc2N)c(OC)c1. The van der Waals surface area contributed by atoms with Crippen LogP contribution in [0.1, 0.15) is 39.9 Å². The number of carbonyl (C=O) groups is 1. The summed E-state index contributed by atoms with van der Waals surface area (Å²) < 4.78 is 10.5. The minimum Gasteiger partial charge on any atom is -0.497 e. The molecule has 1 aromatic carbocycles. The number of hydrogen-bond acceptors (Lipinski definition) is 7. The maximum Gasteiger partial charge on any atom is 0.273 e. The first-order chi connectivity index (χ1) is 12.1. The number of nitrogens with zero attached hydrogens (tertiary/aromatic N) is 1. The van der Waals surface area contributed by atoms with Crippen LogP contribution in [0.25, 0.3) is 0 Å². The third-order valence-electron chi connectivity index (χ3n) is 4.18. The van der Waals surface area contributed by atoms with Gasteiger partial charge in [-0.05, 0) is 31.5 Å². The summed E-state index contributed by atoms with van der Waals surface area (Å²) in [6.45, 7) is 1.29. The standard InChI is InChI=1S/C17H22N4O3S/c1-23-11-6-5-10(13(8-11)24-2)9-20-16(22)14-15(18)25-17(21-14)12-4-3-7-19-12/h5-6,8,12,19H,3-4,7,9,18H2,1-2H3,(H,20,22). The van der Waals surface area contributed by atoms with Crippen molar-refractivity contribution in [3.63, 3.8) is 0 Å². The van der Waals surface area contributed by atoms with Crippen molar-refractivity contribution >= 4 is 22.2 Å². The Kier molecular flexibility index (Phi) is 5.40. The van der Waals surface area contributed by atoms with Crippen LogP contribution in [-0.4, -0.2) is 31.7 Å². The van der Waals surface area contributed by atoms with Gasteiger partial charge in [0.05, 0.1) is 20.3 Å². The molecule has 4 N–H and O–H groups in total. The quantitative estimate of drug-likeness (QED) is 0.728. The number of aromatic nitrogens is 1. The van der Waals surface area contributed by atoms with Gasteiger partial charge in [0.2, 0.25) is 0 Å². The second kappa shape index (κ2) is 7.71. The summed E-state index contributed by atoms with van der Waals surface area (Å²) in [6.07, 6.45) is 2.14. The first kappa shape index (κ1) is 17.5. The molecule has 25 heavy (non-hydrogen) atoms. The van der Waals surface area contributed by atoms with E-state index in [1.807, 2.05) is 12.1 Å². The summed E-state index contributed by atoms with van der Waals surface area (Å²) in [4.78, 5) is 16.9. The number of carbonyl (C=O) groups excluding carboxylic acids is 1. The van der Waals surface area contributed by atoms with E-state index in [-0.39, 0.29) is 11.9 Å². The van der Waals surface area contributed by atoms with Gasteiger partial charge in [-0.3, -0.25) is 4.79 Å². The van der Waals surface area contributed by atoms with E-state index in [0.717, 1.165) is 30.0 Å². The number of rotatable bonds is 6. The van der Waals surface area contributed by atoms with Crippen molar-refractivity contribution in [2.24, 2.45) is 0 Å². The fourth-order valence-electron chi connectivity index (χ4n) is 2.81. The van der Waals surface area contributed by atoms with Crippen LogP contribution >= 0.6 is 11.3 Å². The summed E-state index contributed by atoms with van der Waals surface area (Å²) in [6, 6.07) is 5.67. The van der Waals surface area contributed by atoms with Crippen LogP contribution in [0.3, 0.4) is 0 Å². The summed E-state index contributed by atoms with van der Waals surface area (Å²) in [7, 11) is 3.18. The second-order valence-electron chi connectivity index (χ2n) is 5.77. The van der Waals surface area contributed by atoms with Gasteiger partial charge in [-0.15, -0.1) is 0 Å². The number of anilines is 1. The first-order valence-corrected chi connectivity index (χ1v) is 8.92. The minimum atomic E-state index is -0.282. The van der Waals surface area contributed by atoms with Gasteiger partial charge >= 0.3 is 0 Å². The van der Waals surface area contributed by atoms with Gasteiger partial charge in [0.25, 0.3) is 5.91 Å². The zero-order chi connectivity index (χ0) is 17.8. The maximum atomic E-state index is 12.5. The molecule has 1 saturated heterocycles. The van der Waals surface area contributed by atoms with E-state index >= 15 is 0 Å². The Morgan fingerprint density at radius 2 is 2.28 bits per heavy atom. The van der Waals surface area contributed by atoms with Crippen molar-refractivity contribution in [2.45, 2.75) is 25.4 Å². The zero-order valence-corrected chi connectivity index (χ0v) is 15.1. The van der Waals surface area contributed by atoms with Crippen molar-refractivity contribution < 1.29 is 14.3 Å². The molecule has 0 aliphatic carbocycles. The Balaban J connectivity index is 1.68. The molecular formula is C17H22N4O3S. The van der Waals surface area contributed by atoms with E-state index in [4.69, 9.17) is 15.2 Å². The second-order valence-corrected chi connectivity index (χ2v) is 6.84. The monoisotopic (exact) mass is 362 g/mol. The molecule has 1 aliphatic rings. The lowest BCUT2D eigenvalue weighted by atomic mass is 10.2. The Labute approximate surface area is 150 Å². The smallest absolute Gasteiger partial charge is 0.273 e.